The van der Waals surface area contributed by atoms with E-state index in [1.165, 1.54) is 21.9 Å². The van der Waals surface area contributed by atoms with Crippen molar-refractivity contribution < 1.29 is 4.79 Å². The molecule has 2 aromatic carbocycles. The number of nitrogens with zero attached hydrogens (tertiary/aromatic N) is 3. The maximum absolute atomic E-state index is 12.6. The van der Waals surface area contributed by atoms with Gasteiger partial charge in [0.1, 0.15) is 0 Å². The van der Waals surface area contributed by atoms with Gasteiger partial charge in [-0.15, -0.1) is 0 Å². The highest BCUT2D eigenvalue weighted by Gasteiger charge is 2.18. The van der Waals surface area contributed by atoms with Crippen molar-refractivity contribution in [3.05, 3.63) is 92.6 Å². The molecule has 0 aliphatic heterocycles. The third kappa shape index (κ3) is 4.54. The van der Waals surface area contributed by atoms with Gasteiger partial charge in [0.05, 0.1) is 5.75 Å². The molecule has 0 saturated carbocycles. The number of ketones is 1. The average Bonchev–Trinajstić information content (AvgIpc) is 3.16. The number of aromatic amines is 1. The molecule has 4 aromatic rings. The molecule has 2 aromatic heterocycles. The van der Waals surface area contributed by atoms with Gasteiger partial charge in [0.2, 0.25) is 0 Å². The summed E-state index contributed by atoms with van der Waals surface area (Å²) in [5.74, 6) is 0.175. The second kappa shape index (κ2) is 9.18. The van der Waals surface area contributed by atoms with E-state index in [1.807, 2.05) is 41.0 Å². The van der Waals surface area contributed by atoms with E-state index in [4.69, 9.17) is 0 Å². The highest BCUT2D eigenvalue weighted by Crippen LogP contribution is 2.23. The summed E-state index contributed by atoms with van der Waals surface area (Å²) in [5, 5.41) is 0.555. The van der Waals surface area contributed by atoms with E-state index in [9.17, 15) is 14.4 Å². The molecule has 31 heavy (non-hydrogen) atoms. The lowest BCUT2D eigenvalue weighted by Crippen LogP contribution is -2.29. The molecule has 0 aliphatic carbocycles. The number of carbonyl (C=O) groups excluding carboxylic acids is 1. The molecule has 0 unspecified atom stereocenters. The van der Waals surface area contributed by atoms with Crippen molar-refractivity contribution in [2.75, 3.05) is 5.75 Å². The molecule has 2 heterocycles. The summed E-state index contributed by atoms with van der Waals surface area (Å²) < 4.78 is 3.15. The number of imidazole rings is 1. The monoisotopic (exact) mass is 434 g/mol. The highest BCUT2D eigenvalue weighted by atomic mass is 32.2. The van der Waals surface area contributed by atoms with Crippen LogP contribution in [0.5, 0.6) is 0 Å². The molecule has 0 saturated heterocycles. The van der Waals surface area contributed by atoms with Gasteiger partial charge in [-0.3, -0.25) is 19.1 Å². The van der Waals surface area contributed by atoms with Gasteiger partial charge >= 0.3 is 5.69 Å². The van der Waals surface area contributed by atoms with Crippen LogP contribution in [0.4, 0.5) is 0 Å². The van der Waals surface area contributed by atoms with Crippen LogP contribution in [0.15, 0.2) is 75.4 Å². The molecule has 8 heteroatoms. The zero-order valence-electron chi connectivity index (χ0n) is 17.1. The van der Waals surface area contributed by atoms with Crippen molar-refractivity contribution in [1.29, 1.82) is 0 Å². The van der Waals surface area contributed by atoms with Gasteiger partial charge in [-0.2, -0.15) is 0 Å². The first kappa shape index (κ1) is 20.9. The minimum Gasteiger partial charge on any atom is -0.313 e. The van der Waals surface area contributed by atoms with Crippen LogP contribution in [0, 0.1) is 0 Å². The van der Waals surface area contributed by atoms with Crippen LogP contribution < -0.4 is 11.2 Å². The predicted octanol–water partition coefficient (Wildman–Crippen LogP) is 3.03. The molecule has 0 amide bonds. The minimum atomic E-state index is -0.511. The Morgan fingerprint density at radius 1 is 1.03 bits per heavy atom. The van der Waals surface area contributed by atoms with E-state index in [-0.39, 0.29) is 11.5 Å². The molecular formula is C23H22N4O3S. The van der Waals surface area contributed by atoms with Crippen LogP contribution in [-0.4, -0.2) is 30.6 Å². The Morgan fingerprint density at radius 3 is 2.42 bits per heavy atom. The second-order valence-electron chi connectivity index (χ2n) is 7.20. The third-order valence-corrected chi connectivity index (χ3v) is 6.07. The fourth-order valence-electron chi connectivity index (χ4n) is 3.46. The fraction of sp³-hybridized carbons (Fsp3) is 0.217. The van der Waals surface area contributed by atoms with E-state index in [0.29, 0.717) is 28.4 Å². The Kier molecular flexibility index (Phi) is 6.18. The number of rotatable bonds is 8. The first-order valence-electron chi connectivity index (χ1n) is 9.99. The van der Waals surface area contributed by atoms with Crippen LogP contribution >= 0.6 is 11.8 Å². The van der Waals surface area contributed by atoms with Crippen molar-refractivity contribution in [2.45, 2.75) is 24.5 Å². The lowest BCUT2D eigenvalue weighted by molar-refractivity contribution is 0.102. The summed E-state index contributed by atoms with van der Waals surface area (Å²) in [6, 6.07) is 19.2. The summed E-state index contributed by atoms with van der Waals surface area (Å²) in [6.45, 7) is 0.550. The maximum atomic E-state index is 12.6. The number of hydrogen-bond acceptors (Lipinski definition) is 5. The van der Waals surface area contributed by atoms with Crippen LogP contribution in [0.2, 0.25) is 0 Å². The molecule has 0 spiro atoms. The lowest BCUT2D eigenvalue weighted by Gasteiger charge is -2.08. The van der Waals surface area contributed by atoms with Crippen molar-refractivity contribution in [1.82, 2.24) is 19.1 Å². The Hall–Kier alpha value is -3.39. The Labute approximate surface area is 182 Å². The van der Waals surface area contributed by atoms with Gasteiger partial charge in [-0.05, 0) is 18.4 Å². The molecule has 0 fully saturated rings. The molecule has 158 valence electrons. The summed E-state index contributed by atoms with van der Waals surface area (Å²) in [5.41, 5.74) is 1.54. The smallest absolute Gasteiger partial charge is 0.313 e. The van der Waals surface area contributed by atoms with Crippen LogP contribution in [-0.2, 0) is 20.0 Å². The minimum absolute atomic E-state index is 0.0173. The summed E-state index contributed by atoms with van der Waals surface area (Å²) >= 11 is 1.28. The van der Waals surface area contributed by atoms with E-state index in [2.05, 4.69) is 22.1 Å². The van der Waals surface area contributed by atoms with Gasteiger partial charge in [-0.1, -0.05) is 72.4 Å². The highest BCUT2D eigenvalue weighted by molar-refractivity contribution is 7.99. The standard InChI is InChI=1S/C23H22N4O3S/c1-26-20-19(21(29)25-22(26)30)27(14-8-11-16-9-4-2-5-10-16)23(24-20)31-15-18(28)17-12-6-3-7-13-17/h2-7,9-10,12-13H,8,11,14-15H2,1H3,(H,25,29,30). The predicted molar refractivity (Wildman–Crippen MR) is 122 cm³/mol. The Balaban J connectivity index is 1.63. The van der Waals surface area contributed by atoms with Gasteiger partial charge in [0.15, 0.2) is 22.1 Å². The third-order valence-electron chi connectivity index (χ3n) is 5.09. The van der Waals surface area contributed by atoms with Crippen molar-refractivity contribution in [3.63, 3.8) is 0 Å². The molecule has 7 nitrogen and oxygen atoms in total. The van der Waals surface area contributed by atoms with Gasteiger partial charge < -0.3 is 4.57 Å². The van der Waals surface area contributed by atoms with E-state index in [1.54, 1.807) is 19.2 Å². The van der Waals surface area contributed by atoms with Gasteiger partial charge in [0.25, 0.3) is 5.56 Å². The zero-order chi connectivity index (χ0) is 21.8. The average molecular weight is 435 g/mol. The first-order valence-corrected chi connectivity index (χ1v) is 11.0. The molecule has 0 atom stereocenters. The Morgan fingerprint density at radius 2 is 1.71 bits per heavy atom. The van der Waals surface area contributed by atoms with Crippen LogP contribution in [0.1, 0.15) is 22.3 Å². The zero-order valence-corrected chi connectivity index (χ0v) is 17.9. The van der Waals surface area contributed by atoms with Crippen LogP contribution in [0.25, 0.3) is 11.2 Å². The summed E-state index contributed by atoms with van der Waals surface area (Å²) in [7, 11) is 1.57. The largest absolute Gasteiger partial charge is 0.329 e. The number of Topliss-reactive ketones (excluding diaryl/α,β-unsaturated/α-hetero) is 1. The quantitative estimate of drug-likeness (QED) is 0.340. The number of aryl methyl sites for hydroxylation is 3. The van der Waals surface area contributed by atoms with Crippen molar-refractivity contribution >= 4 is 28.7 Å². The number of H-pyrrole nitrogens is 1. The van der Waals surface area contributed by atoms with Gasteiger partial charge in [-0.25, -0.2) is 9.78 Å². The number of fused-ring (bicyclic) bond motifs is 1. The Bertz CT molecular complexity index is 1320. The van der Waals surface area contributed by atoms with Gasteiger partial charge in [0, 0.05) is 19.2 Å². The number of aromatic nitrogens is 4. The SMILES string of the molecule is Cn1c(=O)[nH]c(=O)c2c1nc(SCC(=O)c1ccccc1)n2CCCc1ccccc1. The number of nitrogens with one attached hydrogen (secondary N) is 1. The van der Waals surface area contributed by atoms with Crippen LogP contribution in [0.3, 0.4) is 0 Å². The van der Waals surface area contributed by atoms with E-state index < -0.39 is 11.2 Å². The maximum Gasteiger partial charge on any atom is 0.329 e. The fourth-order valence-corrected chi connectivity index (χ4v) is 4.37. The first-order chi connectivity index (χ1) is 15.0. The lowest BCUT2D eigenvalue weighted by atomic mass is 10.1. The number of hydrogen-bond donors (Lipinski definition) is 1. The van der Waals surface area contributed by atoms with E-state index in [0.717, 1.165) is 12.8 Å². The number of carbonyl (C=O) groups is 1. The second-order valence-corrected chi connectivity index (χ2v) is 8.15. The molecule has 0 bridgehead atoms. The normalized spacial score (nSPS) is 11.1. The summed E-state index contributed by atoms with van der Waals surface area (Å²) in [4.78, 5) is 44.0. The molecule has 0 radical (unpaired) electrons. The summed E-state index contributed by atoms with van der Waals surface area (Å²) in [6.07, 6.45) is 1.63. The number of thioether (sulfide) groups is 1. The van der Waals surface area contributed by atoms with Crippen molar-refractivity contribution in [3.8, 4) is 0 Å². The molecule has 1 N–H and O–H groups in total. The number of benzene rings is 2. The molecule has 0 aliphatic rings. The topological polar surface area (TPSA) is 89.8 Å². The van der Waals surface area contributed by atoms with Crippen molar-refractivity contribution in [2.24, 2.45) is 7.05 Å². The molecular weight excluding hydrogens is 412 g/mol. The van der Waals surface area contributed by atoms with E-state index >= 15 is 0 Å². The molecule has 4 rings (SSSR count).